The molecule has 0 N–H and O–H groups in total. The molecule has 1 saturated heterocycles. The first-order chi connectivity index (χ1) is 10.2. The number of hydrogen-bond donors (Lipinski definition) is 0. The minimum atomic E-state index is -0.689. The van der Waals surface area contributed by atoms with Crippen molar-refractivity contribution in [2.45, 2.75) is 45.3 Å². The first kappa shape index (κ1) is 16.5. The molecule has 6 heteroatoms. The topological polar surface area (TPSA) is 38.8 Å². The van der Waals surface area contributed by atoms with Gasteiger partial charge in [-0.05, 0) is 33.6 Å². The molecular formula is C16H21F2NO3. The van der Waals surface area contributed by atoms with Gasteiger partial charge in [0.1, 0.15) is 29.6 Å². The molecule has 1 fully saturated rings. The Balaban J connectivity index is 1.95. The Morgan fingerprint density at radius 1 is 1.27 bits per heavy atom. The number of rotatable bonds is 3. The number of ether oxygens (including phenoxy) is 2. The van der Waals surface area contributed by atoms with Gasteiger partial charge in [0.05, 0.1) is 6.04 Å². The number of carbonyl (C=O) groups is 1. The van der Waals surface area contributed by atoms with E-state index in [9.17, 15) is 13.6 Å². The van der Waals surface area contributed by atoms with E-state index in [0.29, 0.717) is 6.54 Å². The molecule has 0 unspecified atom stereocenters. The summed E-state index contributed by atoms with van der Waals surface area (Å²) in [5, 5.41) is 0. The quantitative estimate of drug-likeness (QED) is 0.853. The molecule has 0 aliphatic carbocycles. The van der Waals surface area contributed by atoms with Crippen molar-refractivity contribution in [1.29, 1.82) is 0 Å². The molecule has 2 rings (SSSR count). The van der Waals surface area contributed by atoms with Crippen LogP contribution < -0.4 is 4.74 Å². The van der Waals surface area contributed by atoms with Gasteiger partial charge in [0, 0.05) is 24.7 Å². The van der Waals surface area contributed by atoms with Crippen LogP contribution in [0.15, 0.2) is 18.2 Å². The van der Waals surface area contributed by atoms with Crippen molar-refractivity contribution in [3.05, 3.63) is 29.8 Å². The third kappa shape index (κ3) is 4.58. The van der Waals surface area contributed by atoms with E-state index in [1.54, 1.807) is 4.90 Å². The van der Waals surface area contributed by atoms with Crippen molar-refractivity contribution in [1.82, 2.24) is 4.90 Å². The van der Waals surface area contributed by atoms with Gasteiger partial charge in [0.2, 0.25) is 0 Å². The van der Waals surface area contributed by atoms with Gasteiger partial charge < -0.3 is 14.4 Å². The SMILES string of the molecule is CC(C)(C)OC(=O)N1CCC[C@H]1COc1cc(F)cc(F)c1. The van der Waals surface area contributed by atoms with Crippen LogP contribution in [0.3, 0.4) is 0 Å². The van der Waals surface area contributed by atoms with Crippen molar-refractivity contribution in [3.8, 4) is 5.75 Å². The summed E-state index contributed by atoms with van der Waals surface area (Å²) < 4.78 is 37.0. The van der Waals surface area contributed by atoms with Crippen molar-refractivity contribution < 1.29 is 23.0 Å². The normalized spacial score (nSPS) is 18.4. The summed E-state index contributed by atoms with van der Waals surface area (Å²) in [5.41, 5.74) is -0.559. The van der Waals surface area contributed by atoms with E-state index >= 15 is 0 Å². The standard InChI is InChI=1S/C16H21F2NO3/c1-16(2,3)22-15(20)19-6-4-5-13(19)10-21-14-8-11(17)7-12(18)9-14/h7-9,13H,4-6,10H2,1-3H3/t13-/m0/s1. The molecule has 1 aromatic rings. The summed E-state index contributed by atoms with van der Waals surface area (Å²) in [6.07, 6.45) is 1.24. The van der Waals surface area contributed by atoms with Crippen LogP contribution in [0.4, 0.5) is 13.6 Å². The van der Waals surface area contributed by atoms with Gasteiger partial charge in [0.15, 0.2) is 0 Å². The number of carbonyl (C=O) groups excluding carboxylic acids is 1. The van der Waals surface area contributed by atoms with Gasteiger partial charge >= 0.3 is 6.09 Å². The molecule has 4 nitrogen and oxygen atoms in total. The summed E-state index contributed by atoms with van der Waals surface area (Å²) in [4.78, 5) is 13.7. The Hall–Kier alpha value is -1.85. The summed E-state index contributed by atoms with van der Waals surface area (Å²) in [7, 11) is 0. The molecular weight excluding hydrogens is 292 g/mol. The highest BCUT2D eigenvalue weighted by Crippen LogP contribution is 2.22. The smallest absolute Gasteiger partial charge is 0.410 e. The third-order valence-corrected chi connectivity index (χ3v) is 3.28. The average molecular weight is 313 g/mol. The summed E-state index contributed by atoms with van der Waals surface area (Å²) in [6, 6.07) is 2.88. The number of halogens is 2. The van der Waals surface area contributed by atoms with E-state index in [1.807, 2.05) is 20.8 Å². The zero-order chi connectivity index (χ0) is 16.3. The van der Waals surface area contributed by atoms with E-state index in [2.05, 4.69) is 0 Å². The molecule has 1 aliphatic rings. The van der Waals surface area contributed by atoms with Crippen LogP contribution in [-0.4, -0.2) is 35.8 Å². The molecule has 0 spiro atoms. The Bertz CT molecular complexity index is 522. The highest BCUT2D eigenvalue weighted by molar-refractivity contribution is 5.69. The molecule has 1 aliphatic heterocycles. The average Bonchev–Trinajstić information content (AvgIpc) is 2.81. The molecule has 0 saturated carbocycles. The highest BCUT2D eigenvalue weighted by Gasteiger charge is 2.32. The predicted molar refractivity (Wildman–Crippen MR) is 77.8 cm³/mol. The van der Waals surface area contributed by atoms with E-state index in [0.717, 1.165) is 31.0 Å². The Kier molecular flexibility index (Phi) is 4.88. The number of nitrogens with zero attached hydrogens (tertiary/aromatic N) is 1. The molecule has 0 aromatic heterocycles. The second-order valence-electron chi connectivity index (χ2n) is 6.39. The van der Waals surface area contributed by atoms with Crippen molar-refractivity contribution in [2.75, 3.05) is 13.2 Å². The summed E-state index contributed by atoms with van der Waals surface area (Å²) in [6.45, 7) is 6.20. The number of likely N-dealkylation sites (tertiary alicyclic amines) is 1. The first-order valence-electron chi connectivity index (χ1n) is 7.33. The molecule has 0 radical (unpaired) electrons. The second-order valence-corrected chi connectivity index (χ2v) is 6.39. The van der Waals surface area contributed by atoms with E-state index in [4.69, 9.17) is 9.47 Å². The fourth-order valence-electron chi connectivity index (χ4n) is 2.37. The fraction of sp³-hybridized carbons (Fsp3) is 0.562. The van der Waals surface area contributed by atoms with Crippen LogP contribution in [0.2, 0.25) is 0 Å². The van der Waals surface area contributed by atoms with Crippen LogP contribution >= 0.6 is 0 Å². The number of amides is 1. The molecule has 0 bridgehead atoms. The predicted octanol–water partition coefficient (Wildman–Crippen LogP) is 3.74. The van der Waals surface area contributed by atoms with Gasteiger partial charge in [0.25, 0.3) is 0 Å². The molecule has 1 amide bonds. The zero-order valence-electron chi connectivity index (χ0n) is 13.1. The van der Waals surface area contributed by atoms with Gasteiger partial charge in [-0.1, -0.05) is 0 Å². The third-order valence-electron chi connectivity index (χ3n) is 3.28. The Morgan fingerprint density at radius 3 is 2.50 bits per heavy atom. The largest absolute Gasteiger partial charge is 0.491 e. The number of benzene rings is 1. The van der Waals surface area contributed by atoms with E-state index in [-0.39, 0.29) is 24.5 Å². The summed E-state index contributed by atoms with van der Waals surface area (Å²) in [5.74, 6) is -1.26. The van der Waals surface area contributed by atoms with E-state index < -0.39 is 17.2 Å². The lowest BCUT2D eigenvalue weighted by Gasteiger charge is -2.28. The van der Waals surface area contributed by atoms with Crippen molar-refractivity contribution >= 4 is 6.09 Å². The number of hydrogen-bond acceptors (Lipinski definition) is 3. The van der Waals surface area contributed by atoms with Crippen LogP contribution in [0, 0.1) is 11.6 Å². The zero-order valence-corrected chi connectivity index (χ0v) is 13.1. The van der Waals surface area contributed by atoms with Crippen LogP contribution in [-0.2, 0) is 4.74 Å². The molecule has 22 heavy (non-hydrogen) atoms. The molecule has 1 heterocycles. The lowest BCUT2D eigenvalue weighted by atomic mass is 10.2. The maximum atomic E-state index is 13.1. The summed E-state index contributed by atoms with van der Waals surface area (Å²) >= 11 is 0. The maximum absolute atomic E-state index is 13.1. The first-order valence-corrected chi connectivity index (χ1v) is 7.33. The second kappa shape index (κ2) is 6.50. The van der Waals surface area contributed by atoms with Gasteiger partial charge in [-0.3, -0.25) is 0 Å². The van der Waals surface area contributed by atoms with Crippen molar-refractivity contribution in [3.63, 3.8) is 0 Å². The Morgan fingerprint density at radius 2 is 1.91 bits per heavy atom. The maximum Gasteiger partial charge on any atom is 0.410 e. The monoisotopic (exact) mass is 313 g/mol. The van der Waals surface area contributed by atoms with Crippen molar-refractivity contribution in [2.24, 2.45) is 0 Å². The fourth-order valence-corrected chi connectivity index (χ4v) is 2.37. The van der Waals surface area contributed by atoms with Crippen LogP contribution in [0.5, 0.6) is 5.75 Å². The van der Waals surface area contributed by atoms with Crippen LogP contribution in [0.1, 0.15) is 33.6 Å². The Labute approximate surface area is 129 Å². The van der Waals surface area contributed by atoms with Gasteiger partial charge in [-0.25, -0.2) is 13.6 Å². The highest BCUT2D eigenvalue weighted by atomic mass is 19.1. The minimum absolute atomic E-state index is 0.119. The molecule has 122 valence electrons. The molecule has 1 atom stereocenters. The van der Waals surface area contributed by atoms with Crippen LogP contribution in [0.25, 0.3) is 0 Å². The van der Waals surface area contributed by atoms with E-state index in [1.165, 1.54) is 0 Å². The van der Waals surface area contributed by atoms with Gasteiger partial charge in [-0.2, -0.15) is 0 Å². The lowest BCUT2D eigenvalue weighted by molar-refractivity contribution is 0.0187. The van der Waals surface area contributed by atoms with Gasteiger partial charge in [-0.15, -0.1) is 0 Å². The minimum Gasteiger partial charge on any atom is -0.491 e. The lowest BCUT2D eigenvalue weighted by Crippen LogP contribution is -2.42. The molecule has 1 aromatic carbocycles.